The van der Waals surface area contributed by atoms with Gasteiger partial charge in [0, 0.05) is 12.2 Å². The Morgan fingerprint density at radius 1 is 1.25 bits per heavy atom. The van der Waals surface area contributed by atoms with Crippen LogP contribution in [0.3, 0.4) is 0 Å². The highest BCUT2D eigenvalue weighted by molar-refractivity contribution is 5.85. The molecule has 4 nitrogen and oxygen atoms in total. The van der Waals surface area contributed by atoms with E-state index >= 15 is 0 Å². The van der Waals surface area contributed by atoms with E-state index in [9.17, 15) is 4.79 Å². The minimum atomic E-state index is -0.484. The zero-order valence-corrected chi connectivity index (χ0v) is 13.4. The Bertz CT molecular complexity index is 462. The molecular weight excluding hydrogens is 252 g/mol. The van der Waals surface area contributed by atoms with Gasteiger partial charge >= 0.3 is 6.09 Å². The summed E-state index contributed by atoms with van der Waals surface area (Å²) in [4.78, 5) is 13.9. The number of aryl methyl sites for hydroxylation is 1. The number of nitrogens with one attached hydrogen (secondary N) is 1. The van der Waals surface area contributed by atoms with Crippen LogP contribution in [0.4, 0.5) is 10.5 Å². The van der Waals surface area contributed by atoms with E-state index in [-0.39, 0.29) is 0 Å². The third-order valence-corrected chi connectivity index (χ3v) is 2.63. The Labute approximate surface area is 122 Å². The van der Waals surface area contributed by atoms with Crippen molar-refractivity contribution in [2.45, 2.75) is 39.7 Å². The minimum Gasteiger partial charge on any atom is -0.444 e. The Kier molecular flexibility index (Phi) is 5.57. The van der Waals surface area contributed by atoms with Gasteiger partial charge < -0.3 is 9.64 Å². The van der Waals surface area contributed by atoms with Crippen LogP contribution in [0.2, 0.25) is 0 Å². The largest absolute Gasteiger partial charge is 0.444 e. The third kappa shape index (κ3) is 6.57. The average Bonchev–Trinajstić information content (AvgIpc) is 2.22. The number of carbonyl (C=O) groups excluding carboxylic acids is 1. The first-order valence-electron chi connectivity index (χ1n) is 6.91. The van der Waals surface area contributed by atoms with Gasteiger partial charge in [0.05, 0.1) is 0 Å². The average molecular weight is 278 g/mol. The molecule has 1 N–H and O–H groups in total. The van der Waals surface area contributed by atoms with Crippen LogP contribution in [-0.2, 0) is 11.2 Å². The molecule has 0 saturated carbocycles. The second kappa shape index (κ2) is 6.75. The van der Waals surface area contributed by atoms with Crippen molar-refractivity contribution < 1.29 is 9.53 Å². The molecule has 0 atom stereocenters. The van der Waals surface area contributed by atoms with Crippen LogP contribution in [0.25, 0.3) is 0 Å². The molecule has 1 aromatic carbocycles. The summed E-state index contributed by atoms with van der Waals surface area (Å²) in [6, 6.07) is 6.09. The number of likely N-dealkylation sites (N-methyl/N-ethyl adjacent to an activating group) is 1. The molecule has 4 heteroatoms. The summed E-state index contributed by atoms with van der Waals surface area (Å²) < 4.78 is 5.26. The smallest absolute Gasteiger partial charge is 0.412 e. The molecule has 0 unspecified atom stereocenters. The van der Waals surface area contributed by atoms with Crippen molar-refractivity contribution >= 4 is 11.8 Å². The number of carbonyl (C=O) groups is 1. The quantitative estimate of drug-likeness (QED) is 0.917. The number of nitrogens with zero attached hydrogens (tertiary/aromatic N) is 1. The number of benzene rings is 1. The Morgan fingerprint density at radius 3 is 2.45 bits per heavy atom. The summed E-state index contributed by atoms with van der Waals surface area (Å²) in [5.74, 6) is 0. The van der Waals surface area contributed by atoms with Gasteiger partial charge in [0.15, 0.2) is 0 Å². The van der Waals surface area contributed by atoms with Crippen LogP contribution in [0, 0.1) is 6.92 Å². The molecule has 0 bridgehead atoms. The predicted octanol–water partition coefficient (Wildman–Crippen LogP) is 3.45. The maximum atomic E-state index is 11.8. The maximum Gasteiger partial charge on any atom is 0.412 e. The van der Waals surface area contributed by atoms with Crippen LogP contribution in [-0.4, -0.2) is 37.2 Å². The molecule has 20 heavy (non-hydrogen) atoms. The number of hydrogen-bond acceptors (Lipinski definition) is 3. The number of ether oxygens (including phenoxy) is 1. The van der Waals surface area contributed by atoms with Gasteiger partial charge in [-0.05, 0) is 71.5 Å². The Hall–Kier alpha value is -1.55. The number of rotatable bonds is 4. The van der Waals surface area contributed by atoms with Crippen molar-refractivity contribution in [1.29, 1.82) is 0 Å². The third-order valence-electron chi connectivity index (χ3n) is 2.63. The fourth-order valence-corrected chi connectivity index (χ4v) is 1.85. The molecule has 0 aliphatic heterocycles. The van der Waals surface area contributed by atoms with Gasteiger partial charge in [-0.1, -0.05) is 6.07 Å². The fraction of sp³-hybridized carbons (Fsp3) is 0.562. The molecule has 1 rings (SSSR count). The highest BCUT2D eigenvalue weighted by atomic mass is 16.6. The maximum absolute atomic E-state index is 11.8. The summed E-state index contributed by atoms with van der Waals surface area (Å²) in [5.41, 5.74) is 2.65. The van der Waals surface area contributed by atoms with Gasteiger partial charge in [0.1, 0.15) is 5.60 Å². The van der Waals surface area contributed by atoms with Gasteiger partial charge in [-0.25, -0.2) is 4.79 Å². The highest BCUT2D eigenvalue weighted by Gasteiger charge is 2.16. The van der Waals surface area contributed by atoms with Gasteiger partial charge in [-0.2, -0.15) is 0 Å². The zero-order chi connectivity index (χ0) is 15.3. The highest BCUT2D eigenvalue weighted by Crippen LogP contribution is 2.17. The van der Waals surface area contributed by atoms with Crippen LogP contribution in [0.5, 0.6) is 0 Å². The summed E-state index contributed by atoms with van der Waals surface area (Å²) in [7, 11) is 4.10. The van der Waals surface area contributed by atoms with Crippen LogP contribution in [0.15, 0.2) is 18.2 Å². The van der Waals surface area contributed by atoms with Gasteiger partial charge in [-0.3, -0.25) is 5.32 Å². The van der Waals surface area contributed by atoms with Crippen LogP contribution in [0.1, 0.15) is 31.9 Å². The van der Waals surface area contributed by atoms with E-state index in [2.05, 4.69) is 30.4 Å². The van der Waals surface area contributed by atoms with E-state index in [1.165, 1.54) is 5.56 Å². The second-order valence-corrected chi connectivity index (χ2v) is 6.39. The number of amides is 1. The van der Waals surface area contributed by atoms with E-state index in [0.717, 1.165) is 24.2 Å². The van der Waals surface area contributed by atoms with Gasteiger partial charge in [0.2, 0.25) is 0 Å². The number of anilines is 1. The van der Waals surface area contributed by atoms with Crippen molar-refractivity contribution in [3.63, 3.8) is 0 Å². The summed E-state index contributed by atoms with van der Waals surface area (Å²) in [6.07, 6.45) is 0.541. The zero-order valence-electron chi connectivity index (χ0n) is 13.4. The standard InChI is InChI=1S/C16H26N2O2/c1-12-9-13(7-8-18(5)6)11-14(10-12)17-15(19)20-16(2,3)4/h9-11H,7-8H2,1-6H3,(H,17,19). The lowest BCUT2D eigenvalue weighted by Gasteiger charge is -2.20. The molecule has 0 radical (unpaired) electrons. The summed E-state index contributed by atoms with van der Waals surface area (Å²) in [6.45, 7) is 8.57. The first kappa shape index (κ1) is 16.5. The van der Waals surface area contributed by atoms with E-state index in [4.69, 9.17) is 4.74 Å². The first-order chi connectivity index (χ1) is 9.15. The Morgan fingerprint density at radius 2 is 1.90 bits per heavy atom. The van der Waals surface area contributed by atoms with E-state index in [0.29, 0.717) is 0 Å². The molecule has 0 aromatic heterocycles. The first-order valence-corrected chi connectivity index (χ1v) is 6.91. The van der Waals surface area contributed by atoms with Crippen molar-refractivity contribution in [2.24, 2.45) is 0 Å². The van der Waals surface area contributed by atoms with Crippen molar-refractivity contribution in [1.82, 2.24) is 4.90 Å². The van der Waals surface area contributed by atoms with E-state index in [1.807, 2.05) is 39.8 Å². The van der Waals surface area contributed by atoms with Crippen LogP contribution >= 0.6 is 0 Å². The fourth-order valence-electron chi connectivity index (χ4n) is 1.85. The molecule has 0 heterocycles. The molecule has 0 saturated heterocycles. The van der Waals surface area contributed by atoms with Crippen molar-refractivity contribution in [2.75, 3.05) is 26.0 Å². The van der Waals surface area contributed by atoms with Crippen LogP contribution < -0.4 is 5.32 Å². The lowest BCUT2D eigenvalue weighted by Crippen LogP contribution is -2.27. The lowest BCUT2D eigenvalue weighted by molar-refractivity contribution is 0.0636. The van der Waals surface area contributed by atoms with Crippen molar-refractivity contribution in [3.05, 3.63) is 29.3 Å². The van der Waals surface area contributed by atoms with E-state index < -0.39 is 11.7 Å². The van der Waals surface area contributed by atoms with Gasteiger partial charge in [0.25, 0.3) is 0 Å². The second-order valence-electron chi connectivity index (χ2n) is 6.39. The topological polar surface area (TPSA) is 41.6 Å². The Balaban J connectivity index is 2.73. The van der Waals surface area contributed by atoms with Crippen molar-refractivity contribution in [3.8, 4) is 0 Å². The molecule has 1 amide bonds. The summed E-state index contributed by atoms with van der Waals surface area (Å²) >= 11 is 0. The SMILES string of the molecule is Cc1cc(CCN(C)C)cc(NC(=O)OC(C)(C)C)c1. The molecule has 0 aliphatic rings. The normalized spacial score (nSPS) is 11.6. The summed E-state index contributed by atoms with van der Waals surface area (Å²) in [5, 5.41) is 2.79. The van der Waals surface area contributed by atoms with Gasteiger partial charge in [-0.15, -0.1) is 0 Å². The number of hydrogen-bond donors (Lipinski definition) is 1. The molecular formula is C16H26N2O2. The molecule has 0 spiro atoms. The molecule has 1 aromatic rings. The molecule has 112 valence electrons. The minimum absolute atomic E-state index is 0.415. The predicted molar refractivity (Wildman–Crippen MR) is 83.3 cm³/mol. The lowest BCUT2D eigenvalue weighted by atomic mass is 10.1. The molecule has 0 fully saturated rings. The van der Waals surface area contributed by atoms with E-state index in [1.54, 1.807) is 0 Å². The monoisotopic (exact) mass is 278 g/mol. The molecule has 0 aliphatic carbocycles.